The van der Waals surface area contributed by atoms with Gasteiger partial charge in [-0.25, -0.2) is 13.2 Å². The number of sulfonamides is 1. The molecule has 0 unspecified atom stereocenters. The third-order valence-electron chi connectivity index (χ3n) is 3.44. The van der Waals surface area contributed by atoms with E-state index in [-0.39, 0.29) is 18.8 Å². The highest BCUT2D eigenvalue weighted by Crippen LogP contribution is 2.31. The third kappa shape index (κ3) is 3.10. The van der Waals surface area contributed by atoms with Crippen LogP contribution in [0.3, 0.4) is 0 Å². The molecule has 1 aromatic carbocycles. The van der Waals surface area contributed by atoms with E-state index < -0.39 is 31.8 Å². The van der Waals surface area contributed by atoms with Crippen LogP contribution in [0.2, 0.25) is 0 Å². The van der Waals surface area contributed by atoms with Crippen molar-refractivity contribution in [2.75, 3.05) is 22.8 Å². The molecule has 11 nitrogen and oxygen atoms in total. The summed E-state index contributed by atoms with van der Waals surface area (Å²) in [5.74, 6) is -0.784. The molecule has 3 rings (SSSR count). The lowest BCUT2D eigenvalue weighted by Gasteiger charge is -2.17. The van der Waals surface area contributed by atoms with Gasteiger partial charge in [-0.1, -0.05) is 12.1 Å². The van der Waals surface area contributed by atoms with Crippen LogP contribution in [0, 0.1) is 10.1 Å². The summed E-state index contributed by atoms with van der Waals surface area (Å²) in [4.78, 5) is 22.6. The molecular weight excluding hydrogens is 354 g/mol. The van der Waals surface area contributed by atoms with Crippen molar-refractivity contribution in [3.63, 3.8) is 0 Å². The van der Waals surface area contributed by atoms with Crippen LogP contribution < -0.4 is 9.62 Å². The Morgan fingerprint density at radius 2 is 2.08 bits per heavy atom. The molecule has 25 heavy (non-hydrogen) atoms. The van der Waals surface area contributed by atoms with E-state index in [0.29, 0.717) is 5.69 Å². The van der Waals surface area contributed by atoms with Gasteiger partial charge in [-0.3, -0.25) is 9.62 Å². The lowest BCUT2D eigenvalue weighted by Crippen LogP contribution is -2.25. The number of hydrogen-bond acceptors (Lipinski definition) is 7. The lowest BCUT2D eigenvalue weighted by atomic mass is 10.2. The minimum atomic E-state index is -4.29. The predicted octanol–water partition coefficient (Wildman–Crippen LogP) is 1.09. The Hall–Kier alpha value is -3.15. The van der Waals surface area contributed by atoms with Crippen molar-refractivity contribution >= 4 is 33.3 Å². The summed E-state index contributed by atoms with van der Waals surface area (Å²) < 4.78 is 33.3. The van der Waals surface area contributed by atoms with Gasteiger partial charge >= 0.3 is 11.9 Å². The molecule has 0 saturated carbocycles. The van der Waals surface area contributed by atoms with Crippen molar-refractivity contribution < 1.29 is 22.9 Å². The fourth-order valence-electron chi connectivity index (χ4n) is 2.38. The fraction of sp³-hybridized carbons (Fsp3) is 0.231. The Morgan fingerprint density at radius 3 is 2.72 bits per heavy atom. The molecule has 2 aromatic rings. The predicted molar refractivity (Wildman–Crippen MR) is 85.8 cm³/mol. The monoisotopic (exact) mass is 367 g/mol. The van der Waals surface area contributed by atoms with Crippen LogP contribution in [0.1, 0.15) is 0 Å². The molecule has 0 aliphatic carbocycles. The van der Waals surface area contributed by atoms with E-state index >= 15 is 0 Å². The number of nitrogens with one attached hydrogen (secondary N) is 1. The van der Waals surface area contributed by atoms with Crippen LogP contribution in [0.4, 0.5) is 22.0 Å². The molecule has 0 bridgehead atoms. The summed E-state index contributed by atoms with van der Waals surface area (Å²) in [6, 6.07) is 6.19. The van der Waals surface area contributed by atoms with E-state index in [0.717, 1.165) is 10.9 Å². The Kier molecular flexibility index (Phi) is 4.04. The first-order valence-corrected chi connectivity index (χ1v) is 8.52. The van der Waals surface area contributed by atoms with Gasteiger partial charge in [0, 0.05) is 0 Å². The number of nitrogens with zero attached hydrogens (tertiary/aromatic N) is 4. The van der Waals surface area contributed by atoms with E-state index in [9.17, 15) is 23.3 Å². The maximum absolute atomic E-state index is 12.6. The zero-order valence-corrected chi connectivity index (χ0v) is 13.8. The number of carbonyl (C=O) groups excluding carboxylic acids is 1. The van der Waals surface area contributed by atoms with Crippen LogP contribution in [-0.2, 0) is 21.8 Å². The van der Waals surface area contributed by atoms with Crippen LogP contribution in [0.5, 0.6) is 0 Å². The highest BCUT2D eigenvalue weighted by molar-refractivity contribution is 7.92. The van der Waals surface area contributed by atoms with Crippen molar-refractivity contribution in [1.82, 2.24) is 9.78 Å². The van der Waals surface area contributed by atoms with E-state index in [4.69, 9.17) is 4.74 Å². The van der Waals surface area contributed by atoms with Crippen molar-refractivity contribution in [3.05, 3.63) is 40.6 Å². The minimum absolute atomic E-state index is 0.0968. The molecule has 0 atom stereocenters. The van der Waals surface area contributed by atoms with Crippen LogP contribution >= 0.6 is 0 Å². The highest BCUT2D eigenvalue weighted by Gasteiger charge is 2.32. The van der Waals surface area contributed by atoms with Crippen LogP contribution in [0.25, 0.3) is 0 Å². The average molecular weight is 367 g/mol. The SMILES string of the molecule is Cn1cc(S(=O)(=O)Nc2ccccc2N2CCOC2=O)c([N+](=O)[O-])n1. The van der Waals surface area contributed by atoms with Crippen molar-refractivity contribution in [1.29, 1.82) is 0 Å². The second-order valence-electron chi connectivity index (χ2n) is 5.14. The van der Waals surface area contributed by atoms with Crippen LogP contribution in [0.15, 0.2) is 35.4 Å². The summed E-state index contributed by atoms with van der Waals surface area (Å²) in [5, 5.41) is 14.6. The third-order valence-corrected chi connectivity index (χ3v) is 4.80. The molecule has 12 heteroatoms. The van der Waals surface area contributed by atoms with Gasteiger partial charge in [0.05, 0.1) is 36.3 Å². The molecule has 1 N–H and O–H groups in total. The average Bonchev–Trinajstić information content (AvgIpc) is 3.14. The first-order chi connectivity index (χ1) is 11.8. The van der Waals surface area contributed by atoms with Gasteiger partial charge in [-0.2, -0.15) is 4.68 Å². The number of rotatable bonds is 5. The minimum Gasteiger partial charge on any atom is -0.447 e. The number of ether oxygens (including phenoxy) is 1. The molecule has 0 spiro atoms. The molecule has 132 valence electrons. The summed E-state index contributed by atoms with van der Waals surface area (Å²) in [6.45, 7) is 0.457. The number of anilines is 2. The molecule has 1 aromatic heterocycles. The summed E-state index contributed by atoms with van der Waals surface area (Å²) in [6.07, 6.45) is 0.437. The number of para-hydroxylation sites is 2. The van der Waals surface area contributed by atoms with Crippen LogP contribution in [-0.4, -0.2) is 42.4 Å². The second kappa shape index (κ2) is 6.05. The smallest absolute Gasteiger partial charge is 0.414 e. The Morgan fingerprint density at radius 1 is 1.36 bits per heavy atom. The van der Waals surface area contributed by atoms with E-state index in [1.54, 1.807) is 18.2 Å². The topological polar surface area (TPSA) is 137 Å². The highest BCUT2D eigenvalue weighted by atomic mass is 32.2. The molecule has 1 amide bonds. The molecule has 1 saturated heterocycles. The van der Waals surface area contributed by atoms with Crippen molar-refractivity contribution in [2.24, 2.45) is 7.05 Å². The quantitative estimate of drug-likeness (QED) is 0.617. The number of cyclic esters (lactones) is 1. The number of hydrogen-bond donors (Lipinski definition) is 1. The first kappa shape index (κ1) is 16.7. The molecule has 1 aliphatic heterocycles. The standard InChI is InChI=1S/C13H13N5O6S/c1-16-8-11(12(14-16)18(20)21)25(22,23)15-9-4-2-3-5-10(9)17-6-7-24-13(17)19/h2-5,8,15H,6-7H2,1H3. The Bertz CT molecular complexity index is 954. The molecule has 0 radical (unpaired) electrons. The van der Waals surface area contributed by atoms with E-state index in [1.807, 2.05) is 0 Å². The maximum atomic E-state index is 12.6. The zero-order valence-electron chi connectivity index (χ0n) is 12.9. The Labute approximate surface area is 142 Å². The number of benzene rings is 1. The molecular formula is C13H13N5O6S. The zero-order chi connectivity index (χ0) is 18.2. The Balaban J connectivity index is 2.00. The van der Waals surface area contributed by atoms with Gasteiger partial charge in [0.1, 0.15) is 6.61 Å². The summed E-state index contributed by atoms with van der Waals surface area (Å²) in [5.41, 5.74) is 0.389. The number of aryl methyl sites for hydroxylation is 1. The number of nitro groups is 1. The number of aromatic nitrogens is 2. The van der Waals surface area contributed by atoms with E-state index in [2.05, 4.69) is 9.82 Å². The summed E-state index contributed by atoms with van der Waals surface area (Å²) in [7, 11) is -2.92. The van der Waals surface area contributed by atoms with Gasteiger partial charge in [-0.15, -0.1) is 0 Å². The lowest BCUT2D eigenvalue weighted by molar-refractivity contribution is -0.392. The molecule has 1 fully saturated rings. The number of amides is 1. The maximum Gasteiger partial charge on any atom is 0.414 e. The largest absolute Gasteiger partial charge is 0.447 e. The van der Waals surface area contributed by atoms with Gasteiger partial charge in [0.2, 0.25) is 4.90 Å². The van der Waals surface area contributed by atoms with Gasteiger partial charge in [0.25, 0.3) is 10.0 Å². The van der Waals surface area contributed by atoms with Crippen molar-refractivity contribution in [3.8, 4) is 0 Å². The van der Waals surface area contributed by atoms with E-state index in [1.165, 1.54) is 18.0 Å². The summed E-state index contributed by atoms with van der Waals surface area (Å²) >= 11 is 0. The van der Waals surface area contributed by atoms with Gasteiger partial charge in [0.15, 0.2) is 0 Å². The van der Waals surface area contributed by atoms with Gasteiger partial charge < -0.3 is 14.9 Å². The number of carbonyl (C=O) groups is 1. The normalized spacial score (nSPS) is 14.4. The second-order valence-corrected chi connectivity index (χ2v) is 6.79. The van der Waals surface area contributed by atoms with Crippen molar-refractivity contribution in [2.45, 2.75) is 4.90 Å². The fourth-order valence-corrected chi connectivity index (χ4v) is 3.60. The van der Waals surface area contributed by atoms with Gasteiger partial charge in [-0.05, 0) is 17.1 Å². The molecule has 1 aliphatic rings. The molecule has 2 heterocycles. The first-order valence-electron chi connectivity index (χ1n) is 7.04.